The van der Waals surface area contributed by atoms with E-state index in [9.17, 15) is 13.2 Å². The Labute approximate surface area is 144 Å². The molecule has 0 aliphatic heterocycles. The molecule has 1 aromatic heterocycles. The molecule has 8 heteroatoms. The van der Waals surface area contributed by atoms with Crippen LogP contribution in [0.3, 0.4) is 0 Å². The van der Waals surface area contributed by atoms with E-state index >= 15 is 0 Å². The Morgan fingerprint density at radius 2 is 1.64 bits per heavy atom. The molecular weight excluding hydrogens is 342 g/mol. The van der Waals surface area contributed by atoms with Crippen LogP contribution in [0.25, 0.3) is 11.3 Å². The van der Waals surface area contributed by atoms with E-state index in [0.29, 0.717) is 11.4 Å². The molecule has 25 heavy (non-hydrogen) atoms. The van der Waals surface area contributed by atoms with E-state index in [-0.39, 0.29) is 11.4 Å². The number of rotatable bonds is 5. The number of hydrogen-bond donors (Lipinski definition) is 3. The van der Waals surface area contributed by atoms with Crippen molar-refractivity contribution in [1.29, 1.82) is 0 Å². The van der Waals surface area contributed by atoms with Gasteiger partial charge in [-0.25, -0.2) is 5.14 Å². The highest BCUT2D eigenvalue weighted by Gasteiger charge is 2.13. The van der Waals surface area contributed by atoms with Crippen LogP contribution in [0.2, 0.25) is 0 Å². The molecule has 128 valence electrons. The molecule has 1 heterocycles. The fourth-order valence-electron chi connectivity index (χ4n) is 2.23. The number of carbonyl (C=O) groups is 1. The van der Waals surface area contributed by atoms with Crippen molar-refractivity contribution >= 4 is 27.5 Å². The first-order valence-corrected chi connectivity index (χ1v) is 8.82. The number of furan rings is 1. The van der Waals surface area contributed by atoms with Crippen LogP contribution in [0.5, 0.6) is 0 Å². The zero-order chi connectivity index (χ0) is 17.9. The summed E-state index contributed by atoms with van der Waals surface area (Å²) in [6.45, 7) is 0. The van der Waals surface area contributed by atoms with Crippen molar-refractivity contribution in [2.45, 2.75) is 0 Å². The Morgan fingerprint density at radius 1 is 0.920 bits per heavy atom. The van der Waals surface area contributed by atoms with Gasteiger partial charge in [0.05, 0.1) is 5.69 Å². The van der Waals surface area contributed by atoms with Crippen molar-refractivity contribution in [3.05, 3.63) is 72.5 Å². The molecule has 0 spiro atoms. The van der Waals surface area contributed by atoms with Gasteiger partial charge in [0.1, 0.15) is 5.76 Å². The third-order valence-electron chi connectivity index (χ3n) is 3.27. The van der Waals surface area contributed by atoms with Crippen LogP contribution in [0, 0.1) is 0 Å². The van der Waals surface area contributed by atoms with Crippen molar-refractivity contribution in [2.24, 2.45) is 5.14 Å². The number of benzene rings is 2. The van der Waals surface area contributed by atoms with Gasteiger partial charge in [0.15, 0.2) is 5.76 Å². The van der Waals surface area contributed by atoms with Crippen molar-refractivity contribution in [3.8, 4) is 11.3 Å². The Bertz CT molecular complexity index is 997. The molecule has 3 aromatic rings. The van der Waals surface area contributed by atoms with Gasteiger partial charge in [0, 0.05) is 11.3 Å². The highest BCUT2D eigenvalue weighted by atomic mass is 32.2. The second-order valence-electron chi connectivity index (χ2n) is 5.21. The standard InChI is InChI=1S/C17H15N3O4S/c18-25(22,23)20-14-8-4-7-13(11-14)19-17(21)16-10-9-15(24-16)12-5-2-1-3-6-12/h1-11,20H,(H,19,21)(H2,18,22,23). The minimum absolute atomic E-state index is 0.142. The molecule has 0 atom stereocenters. The van der Waals surface area contributed by atoms with E-state index in [4.69, 9.17) is 9.56 Å². The molecule has 7 nitrogen and oxygen atoms in total. The lowest BCUT2D eigenvalue weighted by molar-refractivity contribution is 0.0997. The lowest BCUT2D eigenvalue weighted by Gasteiger charge is -2.07. The number of amides is 1. The molecule has 0 bridgehead atoms. The third kappa shape index (κ3) is 4.46. The quantitative estimate of drug-likeness (QED) is 0.651. The number of nitrogens with one attached hydrogen (secondary N) is 2. The van der Waals surface area contributed by atoms with Crippen LogP contribution in [0.15, 0.2) is 71.1 Å². The average molecular weight is 357 g/mol. The van der Waals surface area contributed by atoms with Crippen molar-refractivity contribution in [3.63, 3.8) is 0 Å². The molecule has 0 aliphatic carbocycles. The molecular formula is C17H15N3O4S. The fraction of sp³-hybridized carbons (Fsp3) is 0. The second kappa shape index (κ2) is 6.80. The fourth-order valence-corrected chi connectivity index (χ4v) is 2.69. The van der Waals surface area contributed by atoms with Crippen LogP contribution in [-0.4, -0.2) is 14.3 Å². The van der Waals surface area contributed by atoms with E-state index in [0.717, 1.165) is 5.56 Å². The Hall–Kier alpha value is -3.10. The summed E-state index contributed by atoms with van der Waals surface area (Å²) in [5.41, 5.74) is 1.50. The Kier molecular flexibility index (Phi) is 4.55. The molecule has 2 aromatic carbocycles. The van der Waals surface area contributed by atoms with Gasteiger partial charge < -0.3 is 9.73 Å². The Morgan fingerprint density at radius 3 is 2.36 bits per heavy atom. The number of hydrogen-bond acceptors (Lipinski definition) is 4. The van der Waals surface area contributed by atoms with Gasteiger partial charge in [0.2, 0.25) is 0 Å². The van der Waals surface area contributed by atoms with E-state index < -0.39 is 16.1 Å². The summed E-state index contributed by atoms with van der Waals surface area (Å²) < 4.78 is 29.8. The topological polar surface area (TPSA) is 114 Å². The van der Waals surface area contributed by atoms with Crippen LogP contribution in [0.1, 0.15) is 10.6 Å². The maximum atomic E-state index is 12.3. The molecule has 0 fully saturated rings. The third-order valence-corrected chi connectivity index (χ3v) is 3.79. The van der Waals surface area contributed by atoms with E-state index in [1.54, 1.807) is 24.3 Å². The van der Waals surface area contributed by atoms with Gasteiger partial charge in [-0.3, -0.25) is 9.52 Å². The van der Waals surface area contributed by atoms with E-state index in [1.807, 2.05) is 30.3 Å². The summed E-state index contributed by atoms with van der Waals surface area (Å²) in [4.78, 5) is 12.3. The highest BCUT2D eigenvalue weighted by molar-refractivity contribution is 7.90. The van der Waals surface area contributed by atoms with Crippen LogP contribution < -0.4 is 15.2 Å². The molecule has 4 N–H and O–H groups in total. The maximum absolute atomic E-state index is 12.3. The van der Waals surface area contributed by atoms with Crippen molar-refractivity contribution in [2.75, 3.05) is 10.0 Å². The lowest BCUT2D eigenvalue weighted by Crippen LogP contribution is -2.21. The van der Waals surface area contributed by atoms with Crippen LogP contribution >= 0.6 is 0 Å². The minimum atomic E-state index is -3.88. The molecule has 0 unspecified atom stereocenters. The molecule has 0 aliphatic rings. The zero-order valence-corrected chi connectivity index (χ0v) is 13.8. The van der Waals surface area contributed by atoms with Gasteiger partial charge in [-0.1, -0.05) is 36.4 Å². The molecule has 0 radical (unpaired) electrons. The van der Waals surface area contributed by atoms with E-state index in [2.05, 4.69) is 10.0 Å². The maximum Gasteiger partial charge on any atom is 0.296 e. The Balaban J connectivity index is 1.75. The molecule has 3 rings (SSSR count). The second-order valence-corrected chi connectivity index (χ2v) is 6.51. The SMILES string of the molecule is NS(=O)(=O)Nc1cccc(NC(=O)c2ccc(-c3ccccc3)o2)c1. The van der Waals surface area contributed by atoms with Crippen molar-refractivity contribution in [1.82, 2.24) is 0 Å². The number of carbonyl (C=O) groups excluding carboxylic acids is 1. The largest absolute Gasteiger partial charge is 0.451 e. The predicted octanol–water partition coefficient (Wildman–Crippen LogP) is 2.81. The summed E-state index contributed by atoms with van der Waals surface area (Å²) in [6.07, 6.45) is 0. The minimum Gasteiger partial charge on any atom is -0.451 e. The summed E-state index contributed by atoms with van der Waals surface area (Å²) in [5.74, 6) is 0.272. The molecule has 0 saturated carbocycles. The molecule has 1 amide bonds. The highest BCUT2D eigenvalue weighted by Crippen LogP contribution is 2.23. The number of anilines is 2. The number of nitrogens with two attached hydrogens (primary N) is 1. The summed E-state index contributed by atoms with van der Waals surface area (Å²) in [5, 5.41) is 7.57. The van der Waals surface area contributed by atoms with Crippen LogP contribution in [-0.2, 0) is 10.2 Å². The van der Waals surface area contributed by atoms with E-state index in [1.165, 1.54) is 12.1 Å². The molecule has 0 saturated heterocycles. The first-order valence-electron chi connectivity index (χ1n) is 7.28. The van der Waals surface area contributed by atoms with Crippen molar-refractivity contribution < 1.29 is 17.6 Å². The smallest absolute Gasteiger partial charge is 0.296 e. The van der Waals surface area contributed by atoms with Gasteiger partial charge >= 0.3 is 0 Å². The first kappa shape index (κ1) is 16.7. The summed E-state index contributed by atoms with van der Waals surface area (Å²) in [7, 11) is -3.88. The van der Waals surface area contributed by atoms with Gasteiger partial charge in [0.25, 0.3) is 16.1 Å². The van der Waals surface area contributed by atoms with Crippen LogP contribution in [0.4, 0.5) is 11.4 Å². The monoisotopic (exact) mass is 357 g/mol. The van der Waals surface area contributed by atoms with Gasteiger partial charge in [-0.15, -0.1) is 0 Å². The predicted molar refractivity (Wildman–Crippen MR) is 95.3 cm³/mol. The van der Waals surface area contributed by atoms with Gasteiger partial charge in [-0.2, -0.15) is 8.42 Å². The summed E-state index contributed by atoms with van der Waals surface area (Å²) >= 11 is 0. The van der Waals surface area contributed by atoms with Gasteiger partial charge in [-0.05, 0) is 30.3 Å². The first-order chi connectivity index (χ1) is 11.9. The average Bonchev–Trinajstić information content (AvgIpc) is 3.04. The normalized spacial score (nSPS) is 11.1. The summed E-state index contributed by atoms with van der Waals surface area (Å²) in [6, 6.07) is 18.8. The zero-order valence-electron chi connectivity index (χ0n) is 13.0. The lowest BCUT2D eigenvalue weighted by atomic mass is 10.2.